The first-order valence-electron chi connectivity index (χ1n) is 5.74. The van der Waals surface area contributed by atoms with Gasteiger partial charge < -0.3 is 0 Å². The van der Waals surface area contributed by atoms with Gasteiger partial charge in [0.25, 0.3) is 0 Å². The highest BCUT2D eigenvalue weighted by Crippen LogP contribution is 2.32. The fraction of sp³-hybridized carbons (Fsp3) is 0.692. The maximum atomic E-state index is 12.3. The minimum atomic E-state index is -4.13. The van der Waals surface area contributed by atoms with Crippen molar-refractivity contribution in [3.05, 3.63) is 23.8 Å². The smallest absolute Gasteiger partial charge is 0.291 e. The summed E-state index contributed by atoms with van der Waals surface area (Å²) in [5, 5.41) is 0. The first-order chi connectivity index (χ1) is 7.59. The van der Waals surface area contributed by atoms with E-state index in [-0.39, 0.29) is 11.5 Å². The molecule has 0 amide bonds. The molecule has 17 heavy (non-hydrogen) atoms. The van der Waals surface area contributed by atoms with Crippen molar-refractivity contribution in [3.63, 3.8) is 0 Å². The first-order valence-corrected chi connectivity index (χ1v) is 5.74. The largest absolute Gasteiger partial charge is 0.401 e. The van der Waals surface area contributed by atoms with Crippen molar-refractivity contribution in [3.8, 4) is 0 Å². The van der Waals surface area contributed by atoms with Crippen molar-refractivity contribution in [1.29, 1.82) is 0 Å². The SMILES string of the molecule is CN(CC(F)(F)F)C1C=CC=C(C(C)(C)C)C1. The molecule has 0 saturated carbocycles. The molecule has 0 heterocycles. The standard InChI is InChI=1S/C13H20F3N/c1-12(2,3)10-6-5-7-11(8-10)17(4)9-13(14,15)16/h5-7,11H,8-9H2,1-4H3. The van der Waals surface area contributed by atoms with Crippen LogP contribution in [0.25, 0.3) is 0 Å². The number of hydrogen-bond acceptors (Lipinski definition) is 1. The summed E-state index contributed by atoms with van der Waals surface area (Å²) in [7, 11) is 1.52. The molecular formula is C13H20F3N. The summed E-state index contributed by atoms with van der Waals surface area (Å²) in [6.45, 7) is 5.38. The highest BCUT2D eigenvalue weighted by Gasteiger charge is 2.32. The zero-order chi connectivity index (χ0) is 13.3. The Morgan fingerprint density at radius 1 is 1.29 bits per heavy atom. The predicted octanol–water partition coefficient (Wildman–Crippen LogP) is 3.78. The summed E-state index contributed by atoms with van der Waals surface area (Å²) in [6.07, 6.45) is 2.25. The second-order valence-electron chi connectivity index (χ2n) is 5.63. The van der Waals surface area contributed by atoms with Crippen molar-refractivity contribution in [2.75, 3.05) is 13.6 Å². The van der Waals surface area contributed by atoms with Crippen LogP contribution in [0.2, 0.25) is 0 Å². The lowest BCUT2D eigenvalue weighted by molar-refractivity contribution is -0.145. The van der Waals surface area contributed by atoms with Crippen LogP contribution < -0.4 is 0 Å². The van der Waals surface area contributed by atoms with Crippen LogP contribution in [-0.4, -0.2) is 30.7 Å². The van der Waals surface area contributed by atoms with Crippen molar-refractivity contribution < 1.29 is 13.2 Å². The highest BCUT2D eigenvalue weighted by atomic mass is 19.4. The summed E-state index contributed by atoms with van der Waals surface area (Å²) in [5.41, 5.74) is 1.21. The molecule has 98 valence electrons. The summed E-state index contributed by atoms with van der Waals surface area (Å²) in [5.74, 6) is 0. The Morgan fingerprint density at radius 2 is 1.88 bits per heavy atom. The molecular weight excluding hydrogens is 227 g/mol. The Labute approximate surface area is 101 Å². The van der Waals surface area contributed by atoms with E-state index in [1.54, 1.807) is 0 Å². The average molecular weight is 247 g/mol. The van der Waals surface area contributed by atoms with Crippen molar-refractivity contribution in [2.45, 2.75) is 39.4 Å². The molecule has 1 nitrogen and oxygen atoms in total. The van der Waals surface area contributed by atoms with E-state index in [1.165, 1.54) is 17.5 Å². The van der Waals surface area contributed by atoms with Gasteiger partial charge in [-0.3, -0.25) is 4.90 Å². The molecule has 0 aromatic carbocycles. The number of alkyl halides is 3. The minimum Gasteiger partial charge on any atom is -0.291 e. The highest BCUT2D eigenvalue weighted by molar-refractivity contribution is 5.26. The molecule has 0 aromatic heterocycles. The zero-order valence-corrected chi connectivity index (χ0v) is 10.8. The summed E-state index contributed by atoms with van der Waals surface area (Å²) >= 11 is 0. The second-order valence-corrected chi connectivity index (χ2v) is 5.63. The minimum absolute atomic E-state index is 0.0160. The average Bonchev–Trinajstić information content (AvgIpc) is 2.14. The van der Waals surface area contributed by atoms with Gasteiger partial charge in [-0.2, -0.15) is 13.2 Å². The van der Waals surface area contributed by atoms with Gasteiger partial charge in [0, 0.05) is 6.04 Å². The molecule has 0 N–H and O–H groups in total. The normalized spacial score (nSPS) is 21.9. The zero-order valence-electron chi connectivity index (χ0n) is 10.8. The van der Waals surface area contributed by atoms with E-state index in [4.69, 9.17) is 0 Å². The Hall–Kier alpha value is -0.770. The lowest BCUT2D eigenvalue weighted by Gasteiger charge is -2.33. The van der Waals surface area contributed by atoms with Crippen LogP contribution in [0.15, 0.2) is 23.8 Å². The molecule has 0 radical (unpaired) electrons. The van der Waals surface area contributed by atoms with Crippen LogP contribution in [0.3, 0.4) is 0 Å². The van der Waals surface area contributed by atoms with Gasteiger partial charge >= 0.3 is 6.18 Å². The monoisotopic (exact) mass is 247 g/mol. The third kappa shape index (κ3) is 4.54. The Balaban J connectivity index is 2.66. The van der Waals surface area contributed by atoms with E-state index in [0.717, 1.165) is 0 Å². The second kappa shape index (κ2) is 4.84. The molecule has 1 atom stereocenters. The molecule has 0 bridgehead atoms. The van der Waals surface area contributed by atoms with Gasteiger partial charge in [-0.1, -0.05) is 44.6 Å². The van der Waals surface area contributed by atoms with Crippen LogP contribution >= 0.6 is 0 Å². The van der Waals surface area contributed by atoms with E-state index in [9.17, 15) is 13.2 Å². The molecule has 0 saturated heterocycles. The maximum absolute atomic E-state index is 12.3. The molecule has 0 aromatic rings. The third-order valence-corrected chi connectivity index (χ3v) is 3.02. The predicted molar refractivity (Wildman–Crippen MR) is 63.8 cm³/mol. The van der Waals surface area contributed by atoms with Gasteiger partial charge in [0.2, 0.25) is 0 Å². The Bertz CT molecular complexity index is 321. The molecule has 0 fully saturated rings. The Morgan fingerprint density at radius 3 is 2.35 bits per heavy atom. The molecule has 0 aliphatic heterocycles. The van der Waals surface area contributed by atoms with Gasteiger partial charge in [0.05, 0.1) is 6.54 Å². The number of nitrogens with zero attached hydrogens (tertiary/aromatic N) is 1. The van der Waals surface area contributed by atoms with Crippen LogP contribution in [-0.2, 0) is 0 Å². The molecule has 1 aliphatic rings. The molecule has 1 rings (SSSR count). The molecule has 0 spiro atoms. The third-order valence-electron chi connectivity index (χ3n) is 3.02. The fourth-order valence-electron chi connectivity index (χ4n) is 1.92. The van der Waals surface area contributed by atoms with E-state index in [2.05, 4.69) is 20.8 Å². The van der Waals surface area contributed by atoms with Crippen molar-refractivity contribution in [2.24, 2.45) is 5.41 Å². The van der Waals surface area contributed by atoms with Crippen LogP contribution in [0.1, 0.15) is 27.2 Å². The van der Waals surface area contributed by atoms with Crippen LogP contribution in [0.4, 0.5) is 13.2 Å². The topological polar surface area (TPSA) is 3.24 Å². The van der Waals surface area contributed by atoms with Crippen LogP contribution in [0.5, 0.6) is 0 Å². The van der Waals surface area contributed by atoms with Crippen molar-refractivity contribution in [1.82, 2.24) is 4.90 Å². The van der Waals surface area contributed by atoms with Gasteiger partial charge in [-0.25, -0.2) is 0 Å². The van der Waals surface area contributed by atoms with Gasteiger partial charge in [0.1, 0.15) is 0 Å². The lowest BCUT2D eigenvalue weighted by atomic mass is 9.80. The summed E-state index contributed by atoms with van der Waals surface area (Å²) < 4.78 is 36.9. The quantitative estimate of drug-likeness (QED) is 0.717. The van der Waals surface area contributed by atoms with E-state index >= 15 is 0 Å². The maximum Gasteiger partial charge on any atom is 0.401 e. The number of halogens is 3. The lowest BCUT2D eigenvalue weighted by Crippen LogP contribution is -2.39. The first kappa shape index (κ1) is 14.3. The summed E-state index contributed by atoms with van der Waals surface area (Å²) in [6, 6.07) is -0.157. The van der Waals surface area contributed by atoms with E-state index < -0.39 is 12.7 Å². The number of allylic oxidation sites excluding steroid dienone is 2. The summed E-state index contributed by atoms with van der Waals surface area (Å²) in [4.78, 5) is 1.36. The number of hydrogen-bond donors (Lipinski definition) is 0. The number of likely N-dealkylation sites (N-methyl/N-ethyl adjacent to an activating group) is 1. The van der Waals surface area contributed by atoms with Gasteiger partial charge in [0.15, 0.2) is 0 Å². The molecule has 1 aliphatic carbocycles. The fourth-order valence-corrected chi connectivity index (χ4v) is 1.92. The molecule has 4 heteroatoms. The number of rotatable bonds is 2. The van der Waals surface area contributed by atoms with Gasteiger partial charge in [-0.15, -0.1) is 0 Å². The van der Waals surface area contributed by atoms with Gasteiger partial charge in [-0.05, 0) is 18.9 Å². The van der Waals surface area contributed by atoms with E-state index in [1.807, 2.05) is 18.2 Å². The van der Waals surface area contributed by atoms with Crippen molar-refractivity contribution >= 4 is 0 Å². The van der Waals surface area contributed by atoms with E-state index in [0.29, 0.717) is 6.42 Å². The molecule has 1 unspecified atom stereocenters. The Kier molecular flexibility index (Phi) is 4.07. The van der Waals surface area contributed by atoms with Crippen LogP contribution in [0, 0.1) is 5.41 Å².